The van der Waals surface area contributed by atoms with E-state index in [2.05, 4.69) is 32.6 Å². The fourth-order valence-corrected chi connectivity index (χ4v) is 8.68. The van der Waals surface area contributed by atoms with E-state index in [0.717, 1.165) is 25.9 Å². The van der Waals surface area contributed by atoms with Gasteiger partial charge in [0.15, 0.2) is 0 Å². The van der Waals surface area contributed by atoms with Crippen molar-refractivity contribution in [1.82, 2.24) is 4.90 Å². The molecule has 0 aromatic heterocycles. The molecule has 1 N–H and O–H groups in total. The first-order valence-electron chi connectivity index (χ1n) is 25.3. The summed E-state index contributed by atoms with van der Waals surface area (Å²) in [7, 11) is 1.00. The van der Waals surface area contributed by atoms with Crippen molar-refractivity contribution in [3.63, 3.8) is 0 Å². The minimum atomic E-state index is 0.0420. The van der Waals surface area contributed by atoms with Gasteiger partial charge in [0.25, 0.3) is 0 Å². The number of carbonyl (C=O) groups is 3. The lowest BCUT2D eigenvalue weighted by atomic mass is 9.91. The lowest BCUT2D eigenvalue weighted by Gasteiger charge is -2.21. The predicted molar refractivity (Wildman–Crippen MR) is 248 cm³/mol. The standard InChI is InChI=1S/C49H95NO4.CH4O.CH2O/c1-5-9-21-33-46(34-22-10-6-2)43-48(51)53-41-29-19-15-13-17-25-31-45(37-40-50-38-27-28-39-50)32-26-18-14-16-20-30-42-54-49(52)44-47(35-23-11-7-3)36-24-12-8-4;2*1-2/h45-47H,5-44H2,1-4H3;2H,1H3;1H2. The fraction of sp³-hybridized carbons (Fsp3) is 0.941. The number of aliphatic hydroxyl groups excluding tert-OH is 1. The van der Waals surface area contributed by atoms with Gasteiger partial charge in [0.1, 0.15) is 6.79 Å². The summed E-state index contributed by atoms with van der Waals surface area (Å²) in [5.41, 5.74) is 0. The first-order valence-corrected chi connectivity index (χ1v) is 25.3. The van der Waals surface area contributed by atoms with E-state index in [9.17, 15) is 9.59 Å². The van der Waals surface area contributed by atoms with E-state index in [4.69, 9.17) is 19.4 Å². The molecule has 0 bridgehead atoms. The second-order valence-corrected chi connectivity index (χ2v) is 17.6. The zero-order valence-electron chi connectivity index (χ0n) is 39.7. The highest BCUT2D eigenvalue weighted by Crippen LogP contribution is 2.25. The van der Waals surface area contributed by atoms with E-state index < -0.39 is 0 Å². The molecule has 0 spiro atoms. The van der Waals surface area contributed by atoms with Crippen LogP contribution in [-0.4, -0.2) is 68.7 Å². The molecule has 0 aliphatic carbocycles. The van der Waals surface area contributed by atoms with Gasteiger partial charge in [-0.15, -0.1) is 0 Å². The first-order chi connectivity index (χ1) is 28.5. The summed E-state index contributed by atoms with van der Waals surface area (Å²) in [6, 6.07) is 0. The second-order valence-electron chi connectivity index (χ2n) is 17.6. The summed E-state index contributed by atoms with van der Waals surface area (Å²) in [5, 5.41) is 7.00. The van der Waals surface area contributed by atoms with Crippen molar-refractivity contribution in [3.05, 3.63) is 0 Å². The van der Waals surface area contributed by atoms with Crippen LogP contribution in [0.5, 0.6) is 0 Å². The van der Waals surface area contributed by atoms with Gasteiger partial charge in [0.2, 0.25) is 0 Å². The lowest BCUT2D eigenvalue weighted by molar-refractivity contribution is -0.146. The summed E-state index contributed by atoms with van der Waals surface area (Å²) < 4.78 is 11.4. The van der Waals surface area contributed by atoms with Crippen LogP contribution < -0.4 is 0 Å². The maximum atomic E-state index is 12.5. The molecule has 1 saturated heterocycles. The largest absolute Gasteiger partial charge is 0.466 e. The second kappa shape index (κ2) is 48.2. The predicted octanol–water partition coefficient (Wildman–Crippen LogP) is 14.4. The molecule has 1 fully saturated rings. The van der Waals surface area contributed by atoms with Gasteiger partial charge in [-0.25, -0.2) is 0 Å². The van der Waals surface area contributed by atoms with Crippen molar-refractivity contribution in [2.75, 3.05) is 40.0 Å². The maximum absolute atomic E-state index is 12.5. The Morgan fingerprint density at radius 1 is 0.448 bits per heavy atom. The molecule has 1 aliphatic rings. The third kappa shape index (κ3) is 40.0. The van der Waals surface area contributed by atoms with Crippen LogP contribution in [0.2, 0.25) is 0 Å². The molecule has 0 atom stereocenters. The number of nitrogens with zero attached hydrogens (tertiary/aromatic N) is 1. The number of carbonyl (C=O) groups excluding carboxylic acids is 3. The molecule has 0 amide bonds. The summed E-state index contributed by atoms with van der Waals surface area (Å²) in [6.45, 7) is 16.2. The van der Waals surface area contributed by atoms with Crippen LogP contribution in [-0.2, 0) is 23.9 Å². The smallest absolute Gasteiger partial charge is 0.306 e. The molecule has 7 nitrogen and oxygen atoms in total. The Kier molecular flexibility index (Phi) is 48.7. The van der Waals surface area contributed by atoms with E-state index >= 15 is 0 Å². The number of rotatable bonds is 41. The molecule has 0 aromatic rings. The Morgan fingerprint density at radius 2 is 0.741 bits per heavy atom. The molecule has 0 unspecified atom stereocenters. The van der Waals surface area contributed by atoms with Gasteiger partial charge in [-0.1, -0.05) is 182 Å². The maximum Gasteiger partial charge on any atom is 0.306 e. The topological polar surface area (TPSA) is 93.1 Å². The number of hydrogen-bond acceptors (Lipinski definition) is 7. The van der Waals surface area contributed by atoms with Crippen molar-refractivity contribution in [2.24, 2.45) is 17.8 Å². The van der Waals surface area contributed by atoms with Crippen LogP contribution in [0.3, 0.4) is 0 Å². The van der Waals surface area contributed by atoms with Crippen molar-refractivity contribution < 1.29 is 29.0 Å². The molecule has 346 valence electrons. The Labute approximate surface area is 361 Å². The summed E-state index contributed by atoms with van der Waals surface area (Å²) in [6.07, 6.45) is 43.1. The Morgan fingerprint density at radius 3 is 1.09 bits per heavy atom. The zero-order chi connectivity index (χ0) is 43.2. The van der Waals surface area contributed by atoms with E-state index in [-0.39, 0.29) is 11.9 Å². The average Bonchev–Trinajstić information content (AvgIpc) is 3.77. The molecule has 1 aliphatic heterocycles. The highest BCUT2D eigenvalue weighted by Gasteiger charge is 2.17. The third-order valence-electron chi connectivity index (χ3n) is 12.4. The van der Waals surface area contributed by atoms with Crippen molar-refractivity contribution >= 4 is 18.7 Å². The minimum Gasteiger partial charge on any atom is -0.466 e. The van der Waals surface area contributed by atoms with Gasteiger partial charge in [-0.05, 0) is 95.2 Å². The molecule has 0 saturated carbocycles. The molecule has 1 heterocycles. The van der Waals surface area contributed by atoms with Gasteiger partial charge >= 0.3 is 11.9 Å². The van der Waals surface area contributed by atoms with Crippen LogP contribution in [0.1, 0.15) is 252 Å². The SMILES string of the molecule is C=O.CCCCCC(CCCCC)CC(=O)OCCCCCCCCC(CCCCCCCCOC(=O)CC(CCCCC)CCCCC)CCN1CCCC1.CO. The van der Waals surface area contributed by atoms with Crippen LogP contribution in [0.25, 0.3) is 0 Å². The van der Waals surface area contributed by atoms with Crippen LogP contribution in [0.15, 0.2) is 0 Å². The van der Waals surface area contributed by atoms with Crippen molar-refractivity contribution in [3.8, 4) is 0 Å². The molecule has 0 radical (unpaired) electrons. The number of unbranched alkanes of at least 4 members (excludes halogenated alkanes) is 18. The van der Waals surface area contributed by atoms with Gasteiger partial charge in [0.05, 0.1) is 13.2 Å². The monoisotopic (exact) mass is 824 g/mol. The Balaban J connectivity index is 0. The normalized spacial score (nSPS) is 12.8. The van der Waals surface area contributed by atoms with Crippen molar-refractivity contribution in [1.29, 1.82) is 0 Å². The molecule has 0 aromatic carbocycles. The summed E-state index contributed by atoms with van der Waals surface area (Å²) in [4.78, 5) is 35.7. The Bertz CT molecular complexity index is 758. The highest BCUT2D eigenvalue weighted by atomic mass is 16.5. The van der Waals surface area contributed by atoms with Crippen LogP contribution in [0, 0.1) is 17.8 Å². The van der Waals surface area contributed by atoms with E-state index in [1.54, 1.807) is 0 Å². The van der Waals surface area contributed by atoms with E-state index in [1.165, 1.54) is 219 Å². The zero-order valence-corrected chi connectivity index (χ0v) is 39.7. The number of ether oxygens (including phenoxy) is 2. The number of likely N-dealkylation sites (tertiary alicyclic amines) is 1. The minimum absolute atomic E-state index is 0.0420. The number of esters is 2. The van der Waals surface area contributed by atoms with Gasteiger partial charge < -0.3 is 24.3 Å². The van der Waals surface area contributed by atoms with Gasteiger partial charge in [-0.2, -0.15) is 0 Å². The summed E-state index contributed by atoms with van der Waals surface area (Å²) in [5.74, 6) is 2.00. The van der Waals surface area contributed by atoms with Crippen LogP contribution >= 0.6 is 0 Å². The Hall–Kier alpha value is -1.47. The number of aliphatic hydroxyl groups is 1. The van der Waals surface area contributed by atoms with Crippen molar-refractivity contribution in [2.45, 2.75) is 252 Å². The molecule has 1 rings (SSSR count). The van der Waals surface area contributed by atoms with E-state index in [1.807, 2.05) is 6.79 Å². The van der Waals surface area contributed by atoms with Gasteiger partial charge in [-0.3, -0.25) is 9.59 Å². The van der Waals surface area contributed by atoms with E-state index in [0.29, 0.717) is 37.9 Å². The summed E-state index contributed by atoms with van der Waals surface area (Å²) >= 11 is 0. The third-order valence-corrected chi connectivity index (χ3v) is 12.4. The molecular weight excluding hydrogens is 723 g/mol. The van der Waals surface area contributed by atoms with Crippen LogP contribution in [0.4, 0.5) is 0 Å². The number of hydrogen-bond donors (Lipinski definition) is 1. The van der Waals surface area contributed by atoms with Gasteiger partial charge in [0, 0.05) is 20.0 Å². The average molecular weight is 824 g/mol. The lowest BCUT2D eigenvalue weighted by Crippen LogP contribution is -2.22. The first kappa shape index (κ1) is 58.6. The molecular formula is C51H101NO6. The molecule has 58 heavy (non-hydrogen) atoms. The highest BCUT2D eigenvalue weighted by molar-refractivity contribution is 5.70. The molecule has 7 heteroatoms. The fourth-order valence-electron chi connectivity index (χ4n) is 8.68. The quantitative estimate of drug-likeness (QED) is 0.0485.